The number of hydrogen-bond acceptors (Lipinski definition) is 3. The van der Waals surface area contributed by atoms with Gasteiger partial charge in [0.15, 0.2) is 0 Å². The summed E-state index contributed by atoms with van der Waals surface area (Å²) in [5.41, 5.74) is 3.11. The predicted molar refractivity (Wildman–Crippen MR) is 102 cm³/mol. The first kappa shape index (κ1) is 16.8. The first-order chi connectivity index (χ1) is 12.8. The third-order valence-electron chi connectivity index (χ3n) is 5.11. The summed E-state index contributed by atoms with van der Waals surface area (Å²) < 4.78 is 0. The highest BCUT2D eigenvalue weighted by molar-refractivity contribution is 5.77. The molecule has 1 N–H and O–H groups in total. The van der Waals surface area contributed by atoms with Crippen molar-refractivity contribution < 1.29 is 4.79 Å². The Labute approximate surface area is 153 Å². The molecule has 0 spiro atoms. The second kappa shape index (κ2) is 7.68. The van der Waals surface area contributed by atoms with E-state index < -0.39 is 0 Å². The number of benzene rings is 1. The van der Waals surface area contributed by atoms with Crippen LogP contribution in [0.25, 0.3) is 11.0 Å². The van der Waals surface area contributed by atoms with E-state index >= 15 is 0 Å². The summed E-state index contributed by atoms with van der Waals surface area (Å²) in [6.07, 6.45) is 6.21. The van der Waals surface area contributed by atoms with Gasteiger partial charge >= 0.3 is 0 Å². The number of aromatic amines is 1. The minimum Gasteiger partial charge on any atom is -0.342 e. The van der Waals surface area contributed by atoms with Crippen molar-refractivity contribution in [3.8, 4) is 0 Å². The summed E-state index contributed by atoms with van der Waals surface area (Å²) in [7, 11) is 0. The summed E-state index contributed by atoms with van der Waals surface area (Å²) in [4.78, 5) is 27.0. The average Bonchev–Trinajstić information content (AvgIpc) is 3.10. The monoisotopic (exact) mass is 348 g/mol. The Morgan fingerprint density at radius 2 is 2.08 bits per heavy atom. The van der Waals surface area contributed by atoms with E-state index in [9.17, 15) is 4.79 Å². The number of aryl methyl sites for hydroxylation is 1. The number of hydrogen-bond donors (Lipinski definition) is 1. The number of fused-ring (bicyclic) bond motifs is 1. The van der Waals surface area contributed by atoms with E-state index in [2.05, 4.69) is 21.0 Å². The molecule has 134 valence electrons. The van der Waals surface area contributed by atoms with Gasteiger partial charge in [-0.15, -0.1) is 0 Å². The van der Waals surface area contributed by atoms with Crippen LogP contribution in [-0.2, 0) is 17.6 Å². The van der Waals surface area contributed by atoms with E-state index in [-0.39, 0.29) is 5.91 Å². The zero-order valence-electron chi connectivity index (χ0n) is 14.9. The highest BCUT2D eigenvalue weighted by atomic mass is 16.2. The second-order valence-electron chi connectivity index (χ2n) is 7.07. The van der Waals surface area contributed by atoms with E-state index in [1.54, 1.807) is 0 Å². The molecule has 5 heteroatoms. The van der Waals surface area contributed by atoms with Gasteiger partial charge in [-0.1, -0.05) is 18.2 Å². The van der Waals surface area contributed by atoms with Crippen LogP contribution in [0.2, 0.25) is 0 Å². The molecule has 1 aliphatic rings. The Morgan fingerprint density at radius 3 is 2.92 bits per heavy atom. The van der Waals surface area contributed by atoms with Gasteiger partial charge < -0.3 is 9.88 Å². The number of carbonyl (C=O) groups excluding carboxylic acids is 1. The predicted octanol–water partition coefficient (Wildman–Crippen LogP) is 3.37. The number of nitrogens with one attached hydrogen (secondary N) is 1. The normalized spacial score (nSPS) is 17.5. The molecule has 3 heterocycles. The number of pyridine rings is 1. The van der Waals surface area contributed by atoms with Crippen LogP contribution in [0.3, 0.4) is 0 Å². The van der Waals surface area contributed by atoms with E-state index in [1.165, 1.54) is 6.42 Å². The zero-order chi connectivity index (χ0) is 17.8. The highest BCUT2D eigenvalue weighted by Gasteiger charge is 2.24. The molecule has 0 bridgehead atoms. The molecule has 0 unspecified atom stereocenters. The SMILES string of the molecule is O=C(CCc1nc2ccccc2[nH]1)N1CCC[C@H](Cc2ccccn2)C1. The molecule has 1 amide bonds. The second-order valence-corrected chi connectivity index (χ2v) is 7.07. The molecule has 1 aromatic carbocycles. The molecule has 3 aromatic rings. The van der Waals surface area contributed by atoms with Crippen LogP contribution in [0.4, 0.5) is 0 Å². The number of piperidine rings is 1. The van der Waals surface area contributed by atoms with Crippen molar-refractivity contribution in [3.63, 3.8) is 0 Å². The molecule has 1 aliphatic heterocycles. The molecule has 1 saturated heterocycles. The Hall–Kier alpha value is -2.69. The van der Waals surface area contributed by atoms with Gasteiger partial charge in [0.2, 0.25) is 5.91 Å². The van der Waals surface area contributed by atoms with Gasteiger partial charge in [0, 0.05) is 37.8 Å². The zero-order valence-corrected chi connectivity index (χ0v) is 14.9. The van der Waals surface area contributed by atoms with Crippen LogP contribution in [-0.4, -0.2) is 38.8 Å². The molecule has 0 radical (unpaired) electrons. The number of H-pyrrole nitrogens is 1. The number of amides is 1. The van der Waals surface area contributed by atoms with Gasteiger partial charge in [-0.25, -0.2) is 4.98 Å². The van der Waals surface area contributed by atoms with Crippen LogP contribution in [0.15, 0.2) is 48.7 Å². The van der Waals surface area contributed by atoms with Gasteiger partial charge in [0.1, 0.15) is 5.82 Å². The Balaban J connectivity index is 1.32. The lowest BCUT2D eigenvalue weighted by atomic mass is 9.93. The maximum atomic E-state index is 12.7. The van der Waals surface area contributed by atoms with Crippen molar-refractivity contribution >= 4 is 16.9 Å². The molecular formula is C21H24N4O. The Bertz CT molecular complexity index is 841. The van der Waals surface area contributed by atoms with Gasteiger partial charge in [-0.2, -0.15) is 0 Å². The lowest BCUT2D eigenvalue weighted by Crippen LogP contribution is -2.40. The van der Waals surface area contributed by atoms with Gasteiger partial charge in [0.25, 0.3) is 0 Å². The standard InChI is InChI=1S/C21H24N4O/c26-21(11-10-20-23-18-8-1-2-9-19(18)24-20)25-13-5-6-16(15-25)14-17-7-3-4-12-22-17/h1-4,7-9,12,16H,5-6,10-11,13-15H2,(H,23,24)/t16-/m1/s1. The number of carbonyl (C=O) groups is 1. The van der Waals surface area contributed by atoms with Crippen LogP contribution < -0.4 is 0 Å². The van der Waals surface area contributed by atoms with Crippen LogP contribution >= 0.6 is 0 Å². The Morgan fingerprint density at radius 1 is 1.19 bits per heavy atom. The van der Waals surface area contributed by atoms with Crippen LogP contribution in [0.5, 0.6) is 0 Å². The number of para-hydroxylation sites is 2. The topological polar surface area (TPSA) is 61.9 Å². The van der Waals surface area contributed by atoms with Crippen molar-refractivity contribution in [2.75, 3.05) is 13.1 Å². The maximum absolute atomic E-state index is 12.7. The largest absolute Gasteiger partial charge is 0.342 e. The number of rotatable bonds is 5. The number of aromatic nitrogens is 3. The Kier molecular flexibility index (Phi) is 4.95. The van der Waals surface area contributed by atoms with E-state index in [4.69, 9.17) is 0 Å². The van der Waals surface area contributed by atoms with Gasteiger partial charge in [-0.3, -0.25) is 9.78 Å². The van der Waals surface area contributed by atoms with Gasteiger partial charge in [0.05, 0.1) is 11.0 Å². The van der Waals surface area contributed by atoms with E-state index in [0.29, 0.717) is 18.8 Å². The number of nitrogens with zero attached hydrogens (tertiary/aromatic N) is 3. The fourth-order valence-electron chi connectivity index (χ4n) is 3.78. The fourth-order valence-corrected chi connectivity index (χ4v) is 3.78. The lowest BCUT2D eigenvalue weighted by Gasteiger charge is -2.32. The minimum atomic E-state index is 0.233. The lowest BCUT2D eigenvalue weighted by molar-refractivity contribution is -0.133. The minimum absolute atomic E-state index is 0.233. The molecule has 0 saturated carbocycles. The van der Waals surface area contributed by atoms with Gasteiger partial charge in [-0.05, 0) is 49.4 Å². The molecule has 0 aliphatic carbocycles. The number of imidazole rings is 1. The van der Waals surface area contributed by atoms with Crippen LogP contribution in [0, 0.1) is 5.92 Å². The molecule has 2 aromatic heterocycles. The van der Waals surface area contributed by atoms with E-state index in [1.807, 2.05) is 47.5 Å². The smallest absolute Gasteiger partial charge is 0.223 e. The maximum Gasteiger partial charge on any atom is 0.223 e. The average molecular weight is 348 g/mol. The van der Waals surface area contributed by atoms with Crippen molar-refractivity contribution in [1.82, 2.24) is 19.9 Å². The molecule has 26 heavy (non-hydrogen) atoms. The van der Waals surface area contributed by atoms with Crippen molar-refractivity contribution in [3.05, 3.63) is 60.2 Å². The summed E-state index contributed by atoms with van der Waals surface area (Å²) >= 11 is 0. The summed E-state index contributed by atoms with van der Waals surface area (Å²) in [5.74, 6) is 1.63. The third kappa shape index (κ3) is 3.93. The molecule has 5 nitrogen and oxygen atoms in total. The summed E-state index contributed by atoms with van der Waals surface area (Å²) in [5, 5.41) is 0. The van der Waals surface area contributed by atoms with Crippen LogP contribution in [0.1, 0.15) is 30.8 Å². The highest BCUT2D eigenvalue weighted by Crippen LogP contribution is 2.21. The molecular weight excluding hydrogens is 324 g/mol. The van der Waals surface area contributed by atoms with Crippen molar-refractivity contribution in [2.45, 2.75) is 32.1 Å². The molecule has 4 rings (SSSR count). The first-order valence-corrected chi connectivity index (χ1v) is 9.39. The van der Waals surface area contributed by atoms with Crippen molar-refractivity contribution in [2.24, 2.45) is 5.92 Å². The molecule has 1 atom stereocenters. The first-order valence-electron chi connectivity index (χ1n) is 9.39. The fraction of sp³-hybridized carbons (Fsp3) is 0.381. The quantitative estimate of drug-likeness (QED) is 0.769. The number of likely N-dealkylation sites (tertiary alicyclic amines) is 1. The third-order valence-corrected chi connectivity index (χ3v) is 5.11. The summed E-state index contributed by atoms with van der Waals surface area (Å²) in [6.45, 7) is 1.72. The molecule has 1 fully saturated rings. The van der Waals surface area contributed by atoms with E-state index in [0.717, 1.165) is 48.5 Å². The summed E-state index contributed by atoms with van der Waals surface area (Å²) in [6, 6.07) is 14.0. The van der Waals surface area contributed by atoms with Crippen molar-refractivity contribution in [1.29, 1.82) is 0 Å².